The highest BCUT2D eigenvalue weighted by molar-refractivity contribution is 4.73. The number of hydrogen-bond donors (Lipinski definition) is 0. The third-order valence-electron chi connectivity index (χ3n) is 2.77. The van der Waals surface area contributed by atoms with E-state index in [-0.39, 0.29) is 0 Å². The Labute approximate surface area is 71.4 Å². The van der Waals surface area contributed by atoms with Crippen LogP contribution in [0.2, 0.25) is 0 Å². The molecule has 0 N–H and O–H groups in total. The van der Waals surface area contributed by atoms with Crippen LogP contribution >= 0.6 is 0 Å². The smallest absolute Gasteiger partial charge is 0.0386 e. The second kappa shape index (κ2) is 5.62. The Hall–Kier alpha value is 0. The zero-order valence-electron chi connectivity index (χ0n) is 7.81. The van der Waals surface area contributed by atoms with Gasteiger partial charge in [0.1, 0.15) is 0 Å². The fraction of sp³-hybridized carbons (Fsp3) is 0.909. The lowest BCUT2D eigenvalue weighted by Gasteiger charge is -2.11. The summed E-state index contributed by atoms with van der Waals surface area (Å²) in [6.45, 7) is 2.29. The summed E-state index contributed by atoms with van der Waals surface area (Å²) < 4.78 is 0. The van der Waals surface area contributed by atoms with Crippen molar-refractivity contribution in [2.45, 2.75) is 58.3 Å². The highest BCUT2D eigenvalue weighted by atomic mass is 14.2. The lowest BCUT2D eigenvalue weighted by molar-refractivity contribution is 0.415. The Kier molecular flexibility index (Phi) is 4.65. The second-order valence-corrected chi connectivity index (χ2v) is 3.81. The van der Waals surface area contributed by atoms with E-state index in [9.17, 15) is 0 Å². The van der Waals surface area contributed by atoms with Crippen LogP contribution in [-0.2, 0) is 0 Å². The molecule has 1 aliphatic rings. The highest BCUT2D eigenvalue weighted by Crippen LogP contribution is 2.26. The largest absolute Gasteiger partial charge is 0.0654 e. The highest BCUT2D eigenvalue weighted by Gasteiger charge is 2.10. The average molecular weight is 153 g/mol. The molecule has 0 saturated heterocycles. The normalized spacial score (nSPS) is 21.5. The summed E-state index contributed by atoms with van der Waals surface area (Å²) in [6, 6.07) is 0. The van der Waals surface area contributed by atoms with E-state index in [0.29, 0.717) is 0 Å². The van der Waals surface area contributed by atoms with Crippen LogP contribution in [0.5, 0.6) is 0 Å². The standard InChI is InChI=1S/C11H21/c1-2-3-8-11-9-6-4-5-7-10-11/h4,11H,2-3,5-10H2,1H3. The van der Waals surface area contributed by atoms with Gasteiger partial charge in [-0.15, -0.1) is 0 Å². The molecule has 1 aliphatic carbocycles. The maximum atomic E-state index is 2.48. The predicted molar refractivity (Wildman–Crippen MR) is 50.4 cm³/mol. The number of unbranched alkanes of at least 4 members (excludes halogenated alkanes) is 1. The van der Waals surface area contributed by atoms with Crippen molar-refractivity contribution in [2.24, 2.45) is 5.92 Å². The fourth-order valence-corrected chi connectivity index (χ4v) is 1.97. The minimum absolute atomic E-state index is 1.06. The summed E-state index contributed by atoms with van der Waals surface area (Å²) in [5, 5.41) is 0. The summed E-state index contributed by atoms with van der Waals surface area (Å²) in [4.78, 5) is 0. The molecule has 1 saturated carbocycles. The van der Waals surface area contributed by atoms with Crippen molar-refractivity contribution in [1.29, 1.82) is 0 Å². The molecule has 0 amide bonds. The zero-order valence-corrected chi connectivity index (χ0v) is 7.81. The van der Waals surface area contributed by atoms with Gasteiger partial charge in [0.05, 0.1) is 0 Å². The fourth-order valence-electron chi connectivity index (χ4n) is 1.97. The maximum Gasteiger partial charge on any atom is -0.0386 e. The van der Waals surface area contributed by atoms with Crippen molar-refractivity contribution in [2.75, 3.05) is 0 Å². The average Bonchev–Trinajstić information content (AvgIpc) is 2.28. The molecule has 0 spiro atoms. The molecule has 65 valence electrons. The van der Waals surface area contributed by atoms with Gasteiger partial charge in [-0.3, -0.25) is 0 Å². The maximum absolute atomic E-state index is 2.48. The van der Waals surface area contributed by atoms with Crippen molar-refractivity contribution in [1.82, 2.24) is 0 Å². The van der Waals surface area contributed by atoms with E-state index in [4.69, 9.17) is 0 Å². The minimum Gasteiger partial charge on any atom is -0.0654 e. The molecule has 0 heteroatoms. The van der Waals surface area contributed by atoms with Gasteiger partial charge in [0.2, 0.25) is 0 Å². The molecule has 0 heterocycles. The van der Waals surface area contributed by atoms with Crippen LogP contribution in [0.25, 0.3) is 0 Å². The van der Waals surface area contributed by atoms with Crippen molar-refractivity contribution in [3.05, 3.63) is 6.42 Å². The summed E-state index contributed by atoms with van der Waals surface area (Å²) in [6.07, 6.45) is 14.0. The van der Waals surface area contributed by atoms with Crippen LogP contribution in [0.4, 0.5) is 0 Å². The Bertz CT molecular complexity index is 78.0. The van der Waals surface area contributed by atoms with E-state index in [2.05, 4.69) is 13.3 Å². The quantitative estimate of drug-likeness (QED) is 0.538. The van der Waals surface area contributed by atoms with Gasteiger partial charge in [-0.05, 0) is 18.8 Å². The first-order valence-corrected chi connectivity index (χ1v) is 5.25. The molecule has 0 aliphatic heterocycles. The van der Waals surface area contributed by atoms with Gasteiger partial charge in [0, 0.05) is 0 Å². The Morgan fingerprint density at radius 2 is 2.18 bits per heavy atom. The van der Waals surface area contributed by atoms with Gasteiger partial charge in [0.15, 0.2) is 0 Å². The third kappa shape index (κ3) is 3.79. The lowest BCUT2D eigenvalue weighted by Crippen LogP contribution is -1.97. The minimum atomic E-state index is 1.06. The van der Waals surface area contributed by atoms with Gasteiger partial charge in [0.25, 0.3) is 0 Å². The van der Waals surface area contributed by atoms with E-state index in [1.165, 1.54) is 51.4 Å². The van der Waals surface area contributed by atoms with Crippen LogP contribution in [0.1, 0.15) is 58.3 Å². The molecule has 0 aromatic rings. The Morgan fingerprint density at radius 3 is 3.00 bits per heavy atom. The van der Waals surface area contributed by atoms with Crippen molar-refractivity contribution in [3.63, 3.8) is 0 Å². The second-order valence-electron chi connectivity index (χ2n) is 3.81. The van der Waals surface area contributed by atoms with E-state index in [1.807, 2.05) is 0 Å². The van der Waals surface area contributed by atoms with E-state index < -0.39 is 0 Å². The summed E-state index contributed by atoms with van der Waals surface area (Å²) in [7, 11) is 0. The summed E-state index contributed by atoms with van der Waals surface area (Å²) in [5.41, 5.74) is 0. The molecule has 11 heavy (non-hydrogen) atoms. The summed E-state index contributed by atoms with van der Waals surface area (Å²) in [5.74, 6) is 1.06. The van der Waals surface area contributed by atoms with Crippen molar-refractivity contribution >= 4 is 0 Å². The first-order chi connectivity index (χ1) is 5.43. The van der Waals surface area contributed by atoms with Crippen molar-refractivity contribution < 1.29 is 0 Å². The van der Waals surface area contributed by atoms with E-state index in [0.717, 1.165) is 5.92 Å². The van der Waals surface area contributed by atoms with Crippen LogP contribution in [0.15, 0.2) is 0 Å². The van der Waals surface area contributed by atoms with Crippen LogP contribution in [0, 0.1) is 12.3 Å². The first kappa shape index (κ1) is 9.09. The van der Waals surface area contributed by atoms with Gasteiger partial charge in [-0.25, -0.2) is 0 Å². The van der Waals surface area contributed by atoms with Gasteiger partial charge in [-0.1, -0.05) is 51.9 Å². The Balaban J connectivity index is 2.09. The molecular weight excluding hydrogens is 132 g/mol. The molecule has 0 aromatic carbocycles. The lowest BCUT2D eigenvalue weighted by atomic mass is 9.94. The van der Waals surface area contributed by atoms with Gasteiger partial charge in [-0.2, -0.15) is 0 Å². The summed E-state index contributed by atoms with van der Waals surface area (Å²) >= 11 is 0. The number of rotatable bonds is 3. The van der Waals surface area contributed by atoms with Gasteiger partial charge < -0.3 is 0 Å². The predicted octanol–water partition coefficient (Wildman–Crippen LogP) is 3.96. The number of hydrogen-bond acceptors (Lipinski definition) is 0. The monoisotopic (exact) mass is 153 g/mol. The topological polar surface area (TPSA) is 0 Å². The molecule has 0 aromatic heterocycles. The van der Waals surface area contributed by atoms with Crippen LogP contribution in [-0.4, -0.2) is 0 Å². The first-order valence-electron chi connectivity index (χ1n) is 5.25. The zero-order chi connectivity index (χ0) is 7.94. The van der Waals surface area contributed by atoms with Crippen molar-refractivity contribution in [3.8, 4) is 0 Å². The molecule has 0 bridgehead atoms. The van der Waals surface area contributed by atoms with Gasteiger partial charge >= 0.3 is 0 Å². The molecule has 1 unspecified atom stereocenters. The third-order valence-corrected chi connectivity index (χ3v) is 2.77. The molecular formula is C11H21. The molecule has 1 atom stereocenters. The SMILES string of the molecule is CCCCC1CC[CH]CCC1. The van der Waals surface area contributed by atoms with E-state index >= 15 is 0 Å². The van der Waals surface area contributed by atoms with E-state index in [1.54, 1.807) is 0 Å². The molecule has 1 fully saturated rings. The van der Waals surface area contributed by atoms with Crippen LogP contribution in [0.3, 0.4) is 0 Å². The molecule has 1 radical (unpaired) electrons. The Morgan fingerprint density at radius 1 is 1.27 bits per heavy atom. The molecule has 0 nitrogen and oxygen atoms in total. The van der Waals surface area contributed by atoms with Crippen LogP contribution < -0.4 is 0 Å². The molecule has 1 rings (SSSR count).